The fourth-order valence-corrected chi connectivity index (χ4v) is 9.28. The van der Waals surface area contributed by atoms with Gasteiger partial charge in [0.1, 0.15) is 0 Å². The molecule has 0 radical (unpaired) electrons. The van der Waals surface area contributed by atoms with Gasteiger partial charge in [-0.25, -0.2) is 0 Å². The Morgan fingerprint density at radius 2 is 0.872 bits per heavy atom. The van der Waals surface area contributed by atoms with E-state index >= 15 is 0 Å². The lowest BCUT2D eigenvalue weighted by Gasteiger charge is -2.13. The van der Waals surface area contributed by atoms with E-state index in [-0.39, 0.29) is 0 Å². The van der Waals surface area contributed by atoms with E-state index in [0.29, 0.717) is 0 Å². The van der Waals surface area contributed by atoms with Crippen molar-refractivity contribution in [3.05, 3.63) is 158 Å². The Hall–Kier alpha value is -5.90. The first-order valence-corrected chi connectivity index (χ1v) is 16.9. The monoisotopic (exact) mass is 614 g/mol. The molecule has 218 valence electrons. The van der Waals surface area contributed by atoms with Crippen LogP contribution >= 0.6 is 11.3 Å². The van der Waals surface area contributed by atoms with E-state index in [4.69, 9.17) is 0 Å². The van der Waals surface area contributed by atoms with Crippen molar-refractivity contribution in [1.29, 1.82) is 0 Å². The van der Waals surface area contributed by atoms with Crippen LogP contribution < -0.4 is 0 Å². The van der Waals surface area contributed by atoms with E-state index in [1.165, 1.54) is 85.3 Å². The standard InChI is InChI=1S/C44H26N2S/c1-5-16-36-30(12-1)31-13-2-6-17-37(31)45(36)28-10-9-11-29(26-28)46-38-18-7-3-14-34(38)43-33-22-20-27-21-25-41-44(35-15-4-8-19-40(35)47-41)42(27)32(33)23-24-39(43)46/h1-26H. The second-order valence-electron chi connectivity index (χ2n) is 12.5. The van der Waals surface area contributed by atoms with E-state index < -0.39 is 0 Å². The number of aromatic nitrogens is 2. The number of hydrogen-bond donors (Lipinski definition) is 0. The van der Waals surface area contributed by atoms with Crippen molar-refractivity contribution in [2.75, 3.05) is 0 Å². The lowest BCUT2D eigenvalue weighted by atomic mass is 9.95. The van der Waals surface area contributed by atoms with Gasteiger partial charge in [-0.3, -0.25) is 0 Å². The molecule has 0 fully saturated rings. The molecule has 0 spiro atoms. The van der Waals surface area contributed by atoms with E-state index in [1.807, 2.05) is 11.3 Å². The van der Waals surface area contributed by atoms with Crippen molar-refractivity contribution in [3.63, 3.8) is 0 Å². The van der Waals surface area contributed by atoms with Gasteiger partial charge in [0.15, 0.2) is 0 Å². The SMILES string of the molecule is c1cc(-n2c3ccccc3c3ccccc32)cc(-n2c3ccccc3c3c4ccc5ccc6sc7ccccc7c6c5c4ccc32)c1. The van der Waals surface area contributed by atoms with Gasteiger partial charge in [-0.1, -0.05) is 103 Å². The van der Waals surface area contributed by atoms with Crippen LogP contribution in [-0.4, -0.2) is 9.13 Å². The second-order valence-corrected chi connectivity index (χ2v) is 13.6. The molecule has 0 aliphatic rings. The summed E-state index contributed by atoms with van der Waals surface area (Å²) in [5.74, 6) is 0. The summed E-state index contributed by atoms with van der Waals surface area (Å²) in [7, 11) is 0. The van der Waals surface area contributed by atoms with Crippen LogP contribution in [0, 0.1) is 0 Å². The highest BCUT2D eigenvalue weighted by molar-refractivity contribution is 7.26. The zero-order valence-electron chi connectivity index (χ0n) is 25.3. The van der Waals surface area contributed by atoms with Crippen molar-refractivity contribution in [2.24, 2.45) is 0 Å². The predicted molar refractivity (Wildman–Crippen MR) is 203 cm³/mol. The maximum Gasteiger partial charge on any atom is 0.0547 e. The average Bonchev–Trinajstić information content (AvgIpc) is 3.79. The number of rotatable bonds is 2. The Morgan fingerprint density at radius 3 is 1.62 bits per heavy atom. The highest BCUT2D eigenvalue weighted by Crippen LogP contribution is 2.44. The fraction of sp³-hybridized carbons (Fsp3) is 0. The van der Waals surface area contributed by atoms with Crippen LogP contribution in [0.3, 0.4) is 0 Å². The minimum atomic E-state index is 1.15. The van der Waals surface area contributed by atoms with Crippen molar-refractivity contribution < 1.29 is 0 Å². The van der Waals surface area contributed by atoms with Gasteiger partial charge < -0.3 is 9.13 Å². The van der Waals surface area contributed by atoms with E-state index in [1.54, 1.807) is 0 Å². The van der Waals surface area contributed by atoms with Crippen LogP contribution in [0.5, 0.6) is 0 Å². The lowest BCUT2D eigenvalue weighted by molar-refractivity contribution is 1.13. The average molecular weight is 615 g/mol. The highest BCUT2D eigenvalue weighted by atomic mass is 32.1. The second kappa shape index (κ2) is 9.32. The van der Waals surface area contributed by atoms with Crippen LogP contribution in [0.1, 0.15) is 0 Å². The molecule has 0 saturated heterocycles. The third-order valence-electron chi connectivity index (χ3n) is 10.1. The van der Waals surface area contributed by atoms with Crippen molar-refractivity contribution >= 4 is 96.7 Å². The molecule has 0 amide bonds. The summed E-state index contributed by atoms with van der Waals surface area (Å²) in [5.41, 5.74) is 7.19. The molecule has 0 atom stereocenters. The Labute approximate surface area is 273 Å². The Kier molecular flexibility index (Phi) is 5.02. The summed E-state index contributed by atoms with van der Waals surface area (Å²) >= 11 is 1.89. The zero-order chi connectivity index (χ0) is 30.6. The van der Waals surface area contributed by atoms with Crippen LogP contribution in [0.25, 0.3) is 96.7 Å². The largest absolute Gasteiger partial charge is 0.309 e. The molecule has 11 rings (SSSR count). The van der Waals surface area contributed by atoms with Gasteiger partial charge in [0.25, 0.3) is 0 Å². The molecule has 2 nitrogen and oxygen atoms in total. The van der Waals surface area contributed by atoms with Crippen molar-refractivity contribution in [1.82, 2.24) is 9.13 Å². The van der Waals surface area contributed by atoms with Gasteiger partial charge >= 0.3 is 0 Å². The van der Waals surface area contributed by atoms with Crippen LogP contribution in [0.2, 0.25) is 0 Å². The van der Waals surface area contributed by atoms with Gasteiger partial charge in [-0.2, -0.15) is 0 Å². The minimum absolute atomic E-state index is 1.15. The molecule has 47 heavy (non-hydrogen) atoms. The summed E-state index contributed by atoms with van der Waals surface area (Å²) in [6.45, 7) is 0. The van der Waals surface area contributed by atoms with E-state index in [0.717, 1.165) is 11.4 Å². The minimum Gasteiger partial charge on any atom is -0.309 e. The van der Waals surface area contributed by atoms with Gasteiger partial charge in [0.05, 0.1) is 22.1 Å². The highest BCUT2D eigenvalue weighted by Gasteiger charge is 2.19. The van der Waals surface area contributed by atoms with Gasteiger partial charge in [0.2, 0.25) is 0 Å². The summed E-state index contributed by atoms with van der Waals surface area (Å²) < 4.78 is 7.54. The van der Waals surface area contributed by atoms with Crippen LogP contribution in [-0.2, 0) is 0 Å². The molecule has 3 heterocycles. The van der Waals surface area contributed by atoms with Crippen molar-refractivity contribution in [3.8, 4) is 11.4 Å². The third kappa shape index (κ3) is 3.39. The number of thiophene rings is 1. The third-order valence-corrected chi connectivity index (χ3v) is 11.2. The number of hydrogen-bond acceptors (Lipinski definition) is 1. The molecule has 0 saturated carbocycles. The molecule has 3 heteroatoms. The van der Waals surface area contributed by atoms with E-state index in [9.17, 15) is 0 Å². The summed E-state index contributed by atoms with van der Waals surface area (Å²) in [6, 6.07) is 58.1. The topological polar surface area (TPSA) is 9.86 Å². The Morgan fingerprint density at radius 1 is 0.319 bits per heavy atom. The maximum absolute atomic E-state index is 2.45. The summed E-state index contributed by atoms with van der Waals surface area (Å²) in [4.78, 5) is 0. The first-order valence-electron chi connectivity index (χ1n) is 16.1. The molecular weight excluding hydrogens is 589 g/mol. The van der Waals surface area contributed by atoms with Gasteiger partial charge in [-0.15, -0.1) is 11.3 Å². The quantitative estimate of drug-likeness (QED) is 0.171. The molecule has 0 bridgehead atoms. The van der Waals surface area contributed by atoms with Crippen molar-refractivity contribution in [2.45, 2.75) is 0 Å². The van der Waals surface area contributed by atoms with Crippen LogP contribution in [0.4, 0.5) is 0 Å². The summed E-state index contributed by atoms with van der Waals surface area (Å²) in [6.07, 6.45) is 0. The Balaban J connectivity index is 1.22. The molecule has 0 aliphatic heterocycles. The fourth-order valence-electron chi connectivity index (χ4n) is 8.16. The molecule has 3 aromatic heterocycles. The molecule has 0 aliphatic carbocycles. The number of fused-ring (bicyclic) bond motifs is 14. The Bertz CT molecular complexity index is 3030. The van der Waals surface area contributed by atoms with Gasteiger partial charge in [-0.05, 0) is 76.1 Å². The predicted octanol–water partition coefficient (Wildman–Crippen LogP) is 12.6. The smallest absolute Gasteiger partial charge is 0.0547 e. The molecule has 11 aromatic rings. The molecule has 0 N–H and O–H groups in total. The first-order chi connectivity index (χ1) is 23.3. The van der Waals surface area contributed by atoms with E-state index in [2.05, 4.69) is 167 Å². The first kappa shape index (κ1) is 25.3. The zero-order valence-corrected chi connectivity index (χ0v) is 26.1. The lowest BCUT2D eigenvalue weighted by Crippen LogP contribution is -1.98. The van der Waals surface area contributed by atoms with Gasteiger partial charge in [0, 0.05) is 53.1 Å². The molecule has 0 unspecified atom stereocenters. The number of para-hydroxylation sites is 3. The number of benzene rings is 8. The van der Waals surface area contributed by atoms with Crippen LogP contribution in [0.15, 0.2) is 158 Å². The maximum atomic E-state index is 2.45. The summed E-state index contributed by atoms with van der Waals surface area (Å²) in [5, 5.41) is 13.1. The molecule has 8 aromatic carbocycles. The molecular formula is C44H26N2S. The number of nitrogens with zero attached hydrogens (tertiary/aromatic N) is 2. The normalized spacial score (nSPS) is 12.3.